The van der Waals surface area contributed by atoms with Gasteiger partial charge in [0.1, 0.15) is 18.3 Å². The first-order valence-electron chi connectivity index (χ1n) is 5.30. The van der Waals surface area contributed by atoms with Gasteiger partial charge in [-0.15, -0.1) is 13.2 Å². The van der Waals surface area contributed by atoms with Crippen molar-refractivity contribution < 1.29 is 15.3 Å². The Labute approximate surface area is 95.8 Å². The summed E-state index contributed by atoms with van der Waals surface area (Å²) in [5, 5.41) is 28.8. The lowest BCUT2D eigenvalue weighted by molar-refractivity contribution is -0.0732. The van der Waals surface area contributed by atoms with E-state index in [-0.39, 0.29) is 6.04 Å². The van der Waals surface area contributed by atoms with Crippen molar-refractivity contribution in [3.05, 3.63) is 37.5 Å². The highest BCUT2D eigenvalue weighted by atomic mass is 16.4. The van der Waals surface area contributed by atoms with E-state index in [1.54, 1.807) is 18.2 Å². The summed E-state index contributed by atoms with van der Waals surface area (Å²) in [6.07, 6.45) is 3.51. The van der Waals surface area contributed by atoms with E-state index in [9.17, 15) is 15.3 Å². The van der Waals surface area contributed by atoms with Crippen molar-refractivity contribution in [1.29, 1.82) is 0 Å². The molecule has 1 aliphatic rings. The molecule has 0 amide bonds. The van der Waals surface area contributed by atoms with Crippen LogP contribution >= 0.6 is 0 Å². The van der Waals surface area contributed by atoms with Gasteiger partial charge >= 0.3 is 0 Å². The number of aliphatic hydroxyl groups is 3. The third kappa shape index (κ3) is 2.80. The quantitative estimate of drug-likeness (QED) is 0.561. The number of aliphatic hydroxyl groups excluding tert-OH is 3. The molecular formula is C12H19NO3. The Morgan fingerprint density at radius 1 is 1.00 bits per heavy atom. The first-order valence-corrected chi connectivity index (χ1v) is 5.30. The summed E-state index contributed by atoms with van der Waals surface area (Å²) in [6, 6.07) is -0.325. The monoisotopic (exact) mass is 225 g/mol. The van der Waals surface area contributed by atoms with Crippen molar-refractivity contribution in [3.8, 4) is 0 Å². The molecule has 4 atom stereocenters. The largest absolute Gasteiger partial charge is 0.388 e. The van der Waals surface area contributed by atoms with E-state index >= 15 is 0 Å². The predicted molar refractivity (Wildman–Crippen MR) is 62.9 cm³/mol. The highest BCUT2D eigenvalue weighted by molar-refractivity contribution is 5.12. The molecule has 0 aromatic rings. The van der Waals surface area contributed by atoms with Crippen molar-refractivity contribution >= 4 is 0 Å². The van der Waals surface area contributed by atoms with Gasteiger partial charge in [0, 0.05) is 13.1 Å². The number of hydrogen-bond acceptors (Lipinski definition) is 4. The summed E-state index contributed by atoms with van der Waals surface area (Å²) in [5.41, 5.74) is 0. The summed E-state index contributed by atoms with van der Waals surface area (Å²) < 4.78 is 0. The molecule has 0 aromatic carbocycles. The normalized spacial score (nSPS) is 34.0. The van der Waals surface area contributed by atoms with E-state index in [2.05, 4.69) is 13.2 Å². The molecule has 4 nitrogen and oxygen atoms in total. The van der Waals surface area contributed by atoms with Gasteiger partial charge < -0.3 is 15.3 Å². The van der Waals surface area contributed by atoms with Crippen LogP contribution in [0.4, 0.5) is 0 Å². The molecule has 0 unspecified atom stereocenters. The summed E-state index contributed by atoms with van der Waals surface area (Å²) >= 11 is 0. The van der Waals surface area contributed by atoms with Crippen LogP contribution in [-0.4, -0.2) is 57.7 Å². The topological polar surface area (TPSA) is 63.9 Å². The van der Waals surface area contributed by atoms with Gasteiger partial charge in [-0.05, 0) is 0 Å². The van der Waals surface area contributed by atoms with Crippen molar-refractivity contribution in [2.24, 2.45) is 0 Å². The van der Waals surface area contributed by atoms with Gasteiger partial charge in [0.05, 0.1) is 6.04 Å². The minimum atomic E-state index is -1.15. The minimum absolute atomic E-state index is 0.325. The van der Waals surface area contributed by atoms with Gasteiger partial charge in [0.25, 0.3) is 0 Å². The third-order valence-electron chi connectivity index (χ3n) is 2.70. The molecule has 90 valence electrons. The van der Waals surface area contributed by atoms with E-state index in [1.807, 2.05) is 4.90 Å². The van der Waals surface area contributed by atoms with E-state index in [4.69, 9.17) is 0 Å². The molecular weight excluding hydrogens is 206 g/mol. The maximum Gasteiger partial charge on any atom is 0.111 e. The average Bonchev–Trinajstić information content (AvgIpc) is 2.26. The van der Waals surface area contributed by atoms with E-state index in [0.717, 1.165) is 0 Å². The zero-order valence-corrected chi connectivity index (χ0v) is 9.24. The van der Waals surface area contributed by atoms with E-state index < -0.39 is 18.3 Å². The van der Waals surface area contributed by atoms with E-state index in [1.165, 1.54) is 6.08 Å². The maximum absolute atomic E-state index is 9.86. The van der Waals surface area contributed by atoms with Crippen LogP contribution in [-0.2, 0) is 0 Å². The van der Waals surface area contributed by atoms with Crippen LogP contribution in [0.2, 0.25) is 0 Å². The molecule has 1 rings (SSSR count). The van der Waals surface area contributed by atoms with Crippen LogP contribution < -0.4 is 0 Å². The van der Waals surface area contributed by atoms with Crippen LogP contribution in [0, 0.1) is 0 Å². The number of nitrogens with zero attached hydrogens (tertiary/aromatic N) is 1. The fourth-order valence-corrected chi connectivity index (χ4v) is 1.85. The Bertz CT molecular complexity index is 267. The molecule has 0 radical (unpaired) electrons. The zero-order chi connectivity index (χ0) is 12.1. The fourth-order valence-electron chi connectivity index (χ4n) is 1.85. The molecule has 3 N–H and O–H groups in total. The van der Waals surface area contributed by atoms with Crippen molar-refractivity contribution in [3.63, 3.8) is 0 Å². The molecule has 0 fully saturated rings. The molecule has 0 aliphatic heterocycles. The molecule has 4 heteroatoms. The summed E-state index contributed by atoms with van der Waals surface area (Å²) in [4.78, 5) is 1.91. The van der Waals surface area contributed by atoms with Crippen molar-refractivity contribution in [2.45, 2.75) is 24.4 Å². The first-order chi connectivity index (χ1) is 7.61. The highest BCUT2D eigenvalue weighted by Gasteiger charge is 2.35. The Hall–Kier alpha value is -0.940. The number of rotatable bonds is 5. The summed E-state index contributed by atoms with van der Waals surface area (Å²) in [5.74, 6) is 0. The van der Waals surface area contributed by atoms with Crippen molar-refractivity contribution in [2.75, 3.05) is 13.1 Å². The summed E-state index contributed by atoms with van der Waals surface area (Å²) in [7, 11) is 0. The molecule has 1 aliphatic carbocycles. The van der Waals surface area contributed by atoms with Gasteiger partial charge in [-0.3, -0.25) is 4.90 Å². The Balaban J connectivity index is 2.79. The minimum Gasteiger partial charge on any atom is -0.388 e. The highest BCUT2D eigenvalue weighted by Crippen LogP contribution is 2.18. The Morgan fingerprint density at radius 2 is 1.56 bits per heavy atom. The second-order valence-electron chi connectivity index (χ2n) is 3.88. The van der Waals surface area contributed by atoms with E-state index in [0.29, 0.717) is 13.1 Å². The average molecular weight is 225 g/mol. The first kappa shape index (κ1) is 13.1. The van der Waals surface area contributed by atoms with Gasteiger partial charge in [0.15, 0.2) is 0 Å². The third-order valence-corrected chi connectivity index (χ3v) is 2.70. The smallest absolute Gasteiger partial charge is 0.111 e. The van der Waals surface area contributed by atoms with Gasteiger partial charge in [-0.25, -0.2) is 0 Å². The van der Waals surface area contributed by atoms with Crippen LogP contribution in [0.5, 0.6) is 0 Å². The second-order valence-corrected chi connectivity index (χ2v) is 3.88. The lowest BCUT2D eigenvalue weighted by atomic mass is 9.93. The van der Waals surface area contributed by atoms with Crippen LogP contribution in [0.15, 0.2) is 37.5 Å². The predicted octanol–water partition coefficient (Wildman–Crippen LogP) is -0.319. The van der Waals surface area contributed by atoms with Crippen LogP contribution in [0.1, 0.15) is 0 Å². The molecule has 0 saturated heterocycles. The lowest BCUT2D eigenvalue weighted by Crippen LogP contribution is -2.53. The molecule has 0 spiro atoms. The van der Waals surface area contributed by atoms with Crippen molar-refractivity contribution in [1.82, 2.24) is 4.90 Å². The Morgan fingerprint density at radius 3 is 2.06 bits per heavy atom. The van der Waals surface area contributed by atoms with Gasteiger partial charge in [-0.1, -0.05) is 24.3 Å². The van der Waals surface area contributed by atoms with Crippen LogP contribution in [0.25, 0.3) is 0 Å². The molecule has 0 aromatic heterocycles. The lowest BCUT2D eigenvalue weighted by Gasteiger charge is -2.37. The molecule has 0 bridgehead atoms. The standard InChI is InChI=1S/C12H19NO3/c1-3-7-13(8-4-2)9-5-6-10(14)12(16)11(9)15/h3-6,9-12,14-16H,1-2,7-8H2/t9-,10-,11+,12-/m1/s1. The number of hydrogen-bond donors (Lipinski definition) is 3. The summed E-state index contributed by atoms with van der Waals surface area (Å²) in [6.45, 7) is 8.45. The maximum atomic E-state index is 9.86. The zero-order valence-electron chi connectivity index (χ0n) is 9.24. The molecule has 0 heterocycles. The van der Waals surface area contributed by atoms with Gasteiger partial charge in [-0.2, -0.15) is 0 Å². The van der Waals surface area contributed by atoms with Crippen LogP contribution in [0.3, 0.4) is 0 Å². The molecule has 0 saturated carbocycles. The molecule has 16 heavy (non-hydrogen) atoms. The Kier molecular flexibility index (Phi) is 4.89. The fraction of sp³-hybridized carbons (Fsp3) is 0.500. The SMILES string of the molecule is C=CCN(CC=C)[C@@H]1C=C[C@@H](O)[C@@H](O)[C@H]1O. The second kappa shape index (κ2) is 5.96. The van der Waals surface area contributed by atoms with Gasteiger partial charge in [0.2, 0.25) is 0 Å².